The van der Waals surface area contributed by atoms with Crippen LogP contribution in [-0.2, 0) is 11.2 Å². The van der Waals surface area contributed by atoms with Crippen molar-refractivity contribution in [1.29, 1.82) is 0 Å². The number of hydrogen-bond acceptors (Lipinski definition) is 5. The monoisotopic (exact) mass is 295 g/mol. The molecule has 0 N–H and O–H groups in total. The number of carbonyl (C=O) groups excluding carboxylic acids is 1. The molecule has 110 valence electrons. The molecule has 4 nitrogen and oxygen atoms in total. The number of nitrogens with zero attached hydrogens (tertiary/aromatic N) is 1. The molecule has 0 aliphatic carbocycles. The summed E-state index contributed by atoms with van der Waals surface area (Å²) in [7, 11) is 0. The van der Waals surface area contributed by atoms with Gasteiger partial charge in [-0.3, -0.25) is 0 Å². The first-order valence-electron chi connectivity index (χ1n) is 6.63. The Bertz CT molecular complexity index is 503. The summed E-state index contributed by atoms with van der Waals surface area (Å²) < 4.78 is 10.7. The minimum absolute atomic E-state index is 0.262. The van der Waals surface area contributed by atoms with Crippen LogP contribution in [-0.4, -0.2) is 17.6 Å². The van der Waals surface area contributed by atoms with Gasteiger partial charge in [-0.1, -0.05) is 38.3 Å². The number of oxazole rings is 1. The summed E-state index contributed by atoms with van der Waals surface area (Å²) in [5.74, 6) is 0.866. The van der Waals surface area contributed by atoms with Gasteiger partial charge in [-0.15, -0.1) is 0 Å². The third kappa shape index (κ3) is 4.56. The van der Waals surface area contributed by atoms with E-state index in [1.54, 1.807) is 6.92 Å². The molecule has 0 aromatic carbocycles. The Kier molecular flexibility index (Phi) is 6.58. The fourth-order valence-corrected chi connectivity index (χ4v) is 2.03. The summed E-state index contributed by atoms with van der Waals surface area (Å²) in [6, 6.07) is 0. The molecule has 1 aromatic rings. The number of carbonyl (C=O) groups is 1. The van der Waals surface area contributed by atoms with Gasteiger partial charge in [0, 0.05) is 6.42 Å². The number of aromatic nitrogens is 1. The van der Waals surface area contributed by atoms with Crippen LogP contribution < -0.4 is 0 Å². The number of thioether (sulfide) groups is 1. The van der Waals surface area contributed by atoms with Crippen molar-refractivity contribution in [3.05, 3.63) is 35.4 Å². The lowest BCUT2D eigenvalue weighted by atomic mass is 10.1. The normalized spacial score (nSPS) is 11.2. The Morgan fingerprint density at radius 3 is 2.80 bits per heavy atom. The van der Waals surface area contributed by atoms with Gasteiger partial charge in [-0.25, -0.2) is 9.78 Å². The Labute approximate surface area is 124 Å². The molecule has 0 saturated carbocycles. The third-order valence-corrected chi connectivity index (χ3v) is 3.21. The van der Waals surface area contributed by atoms with E-state index in [2.05, 4.69) is 25.4 Å². The Hall–Kier alpha value is -1.49. The van der Waals surface area contributed by atoms with E-state index in [-0.39, 0.29) is 5.69 Å². The molecular weight excluding hydrogens is 274 g/mol. The van der Waals surface area contributed by atoms with Crippen LogP contribution in [0.15, 0.2) is 22.5 Å². The van der Waals surface area contributed by atoms with E-state index in [1.807, 2.05) is 18.4 Å². The minimum Gasteiger partial charge on any atom is -0.461 e. The predicted octanol–water partition coefficient (Wildman–Crippen LogP) is 4.29. The topological polar surface area (TPSA) is 52.3 Å². The summed E-state index contributed by atoms with van der Waals surface area (Å²) in [5.41, 5.74) is 0.262. The predicted molar refractivity (Wildman–Crippen MR) is 82.4 cm³/mol. The average molecular weight is 295 g/mol. The molecule has 20 heavy (non-hydrogen) atoms. The average Bonchev–Trinajstić information content (AvgIpc) is 2.79. The number of ether oxygens (including phenoxy) is 1. The molecule has 0 unspecified atom stereocenters. The second-order valence-electron chi connectivity index (χ2n) is 4.62. The lowest BCUT2D eigenvalue weighted by molar-refractivity contribution is 0.0517. The number of allylic oxidation sites excluding steroid dienone is 1. The molecule has 0 saturated heterocycles. The molecule has 0 spiro atoms. The third-order valence-electron chi connectivity index (χ3n) is 2.34. The van der Waals surface area contributed by atoms with Gasteiger partial charge in [-0.05, 0) is 25.2 Å². The van der Waals surface area contributed by atoms with Crippen LogP contribution >= 0.6 is 11.8 Å². The van der Waals surface area contributed by atoms with Gasteiger partial charge >= 0.3 is 5.97 Å². The Morgan fingerprint density at radius 2 is 2.25 bits per heavy atom. The Morgan fingerprint density at radius 1 is 1.55 bits per heavy atom. The van der Waals surface area contributed by atoms with Gasteiger partial charge in [0.25, 0.3) is 0 Å². The lowest BCUT2D eigenvalue weighted by Crippen LogP contribution is -2.09. The molecule has 5 heteroatoms. The zero-order valence-electron chi connectivity index (χ0n) is 12.4. The van der Waals surface area contributed by atoms with Gasteiger partial charge in [0.15, 0.2) is 5.69 Å². The van der Waals surface area contributed by atoms with E-state index in [9.17, 15) is 4.79 Å². The maximum atomic E-state index is 11.9. The second-order valence-corrected chi connectivity index (χ2v) is 5.62. The SMILES string of the molecule is C=C(S/C=C\C)c1nc(C(=O)OCC)c(CC(C)C)o1. The van der Waals surface area contributed by atoms with Crippen molar-refractivity contribution in [2.24, 2.45) is 5.92 Å². The number of esters is 1. The summed E-state index contributed by atoms with van der Waals surface area (Å²) in [6.07, 6.45) is 2.54. The van der Waals surface area contributed by atoms with Crippen LogP contribution in [0.3, 0.4) is 0 Å². The summed E-state index contributed by atoms with van der Waals surface area (Å²) in [6.45, 7) is 12.0. The zero-order valence-corrected chi connectivity index (χ0v) is 13.3. The first-order valence-corrected chi connectivity index (χ1v) is 7.51. The van der Waals surface area contributed by atoms with Crippen molar-refractivity contribution in [3.63, 3.8) is 0 Å². The molecule has 1 heterocycles. The molecule has 0 radical (unpaired) electrons. The summed E-state index contributed by atoms with van der Waals surface area (Å²) >= 11 is 1.41. The summed E-state index contributed by atoms with van der Waals surface area (Å²) in [5, 5.41) is 1.89. The fourth-order valence-electron chi connectivity index (χ4n) is 1.54. The first-order chi connectivity index (χ1) is 9.49. The largest absolute Gasteiger partial charge is 0.461 e. The lowest BCUT2D eigenvalue weighted by Gasteiger charge is -2.03. The molecule has 0 aliphatic rings. The van der Waals surface area contributed by atoms with E-state index >= 15 is 0 Å². The van der Waals surface area contributed by atoms with Crippen LogP contribution in [0.5, 0.6) is 0 Å². The smallest absolute Gasteiger partial charge is 0.360 e. The van der Waals surface area contributed by atoms with E-state index < -0.39 is 5.97 Å². The van der Waals surface area contributed by atoms with Crippen LogP contribution in [0.4, 0.5) is 0 Å². The van der Waals surface area contributed by atoms with Crippen LogP contribution in [0.25, 0.3) is 4.91 Å². The molecule has 0 aliphatic heterocycles. The van der Waals surface area contributed by atoms with Gasteiger partial charge in [-0.2, -0.15) is 0 Å². The number of hydrogen-bond donors (Lipinski definition) is 0. The van der Waals surface area contributed by atoms with Gasteiger partial charge in [0.2, 0.25) is 5.89 Å². The highest BCUT2D eigenvalue weighted by atomic mass is 32.2. The number of rotatable bonds is 7. The van der Waals surface area contributed by atoms with Gasteiger partial charge in [0.1, 0.15) is 5.76 Å². The van der Waals surface area contributed by atoms with Crippen molar-refractivity contribution < 1.29 is 13.9 Å². The molecule has 1 aromatic heterocycles. The highest BCUT2D eigenvalue weighted by molar-refractivity contribution is 8.10. The maximum Gasteiger partial charge on any atom is 0.360 e. The van der Waals surface area contributed by atoms with Crippen molar-refractivity contribution >= 4 is 22.6 Å². The van der Waals surface area contributed by atoms with Crippen LogP contribution in [0.1, 0.15) is 49.8 Å². The second kappa shape index (κ2) is 7.94. The zero-order chi connectivity index (χ0) is 15.1. The quantitative estimate of drug-likeness (QED) is 0.702. The molecule has 0 atom stereocenters. The maximum absolute atomic E-state index is 11.9. The highest BCUT2D eigenvalue weighted by Crippen LogP contribution is 2.28. The van der Waals surface area contributed by atoms with Crippen LogP contribution in [0, 0.1) is 5.92 Å². The van der Waals surface area contributed by atoms with Crippen molar-refractivity contribution in [3.8, 4) is 0 Å². The molecule has 0 fully saturated rings. The van der Waals surface area contributed by atoms with E-state index in [1.165, 1.54) is 11.8 Å². The fraction of sp³-hybridized carbons (Fsp3) is 0.467. The minimum atomic E-state index is -0.443. The first kappa shape index (κ1) is 16.6. The van der Waals surface area contributed by atoms with Crippen molar-refractivity contribution in [1.82, 2.24) is 4.98 Å². The molecule has 1 rings (SSSR count). The standard InChI is InChI=1S/C15H21NO3S/c1-6-8-20-11(5)14-16-13(15(17)18-7-2)12(19-14)9-10(3)4/h6,8,10H,5,7,9H2,1-4H3/b8-6-. The van der Waals surface area contributed by atoms with Crippen LogP contribution in [0.2, 0.25) is 0 Å². The van der Waals surface area contributed by atoms with Gasteiger partial charge < -0.3 is 9.15 Å². The molecule has 0 amide bonds. The Balaban J connectivity index is 3.04. The van der Waals surface area contributed by atoms with E-state index in [0.29, 0.717) is 35.5 Å². The molecular formula is C15H21NO3S. The summed E-state index contributed by atoms with van der Waals surface area (Å²) in [4.78, 5) is 16.8. The van der Waals surface area contributed by atoms with E-state index in [4.69, 9.17) is 9.15 Å². The van der Waals surface area contributed by atoms with Crippen molar-refractivity contribution in [2.45, 2.75) is 34.1 Å². The van der Waals surface area contributed by atoms with Crippen molar-refractivity contribution in [2.75, 3.05) is 6.61 Å². The molecule has 0 bridgehead atoms. The van der Waals surface area contributed by atoms with E-state index in [0.717, 1.165) is 0 Å². The highest BCUT2D eigenvalue weighted by Gasteiger charge is 2.22. The van der Waals surface area contributed by atoms with Gasteiger partial charge in [0.05, 0.1) is 11.5 Å².